The molecule has 0 bridgehead atoms. The topological polar surface area (TPSA) is 96.5 Å². The highest BCUT2D eigenvalue weighted by molar-refractivity contribution is 6.01. The Labute approximate surface area is 178 Å². The van der Waals surface area contributed by atoms with Gasteiger partial charge >= 0.3 is 12.2 Å². The molecule has 2 heterocycles. The summed E-state index contributed by atoms with van der Waals surface area (Å²) in [6.45, 7) is 12.0. The number of ether oxygens (including phenoxy) is 2. The lowest BCUT2D eigenvalue weighted by Crippen LogP contribution is -2.35. The molecule has 0 aromatic rings. The minimum absolute atomic E-state index is 0.0236. The van der Waals surface area contributed by atoms with E-state index < -0.39 is 23.4 Å². The zero-order chi connectivity index (χ0) is 23.3. The SMILES string of the molecule is CC(C)(C)OC(=O)N1CCC(=O)C1.CN(C)/C=C1/CN(C(=O)OC(C)(C)C)CC1=O. The third-order valence-electron chi connectivity index (χ3n) is 3.80. The molecule has 30 heavy (non-hydrogen) atoms. The summed E-state index contributed by atoms with van der Waals surface area (Å²) in [5, 5.41) is 0. The molecule has 0 saturated carbocycles. The van der Waals surface area contributed by atoms with E-state index in [9.17, 15) is 19.2 Å². The van der Waals surface area contributed by atoms with E-state index in [0.29, 0.717) is 25.1 Å². The first kappa shape index (κ1) is 25.5. The van der Waals surface area contributed by atoms with Crippen LogP contribution in [-0.2, 0) is 19.1 Å². The summed E-state index contributed by atoms with van der Waals surface area (Å²) in [5.74, 6) is 0.0791. The van der Waals surface area contributed by atoms with Gasteiger partial charge in [0, 0.05) is 38.8 Å². The van der Waals surface area contributed by atoms with Crippen LogP contribution >= 0.6 is 0 Å². The van der Waals surface area contributed by atoms with Gasteiger partial charge in [-0.05, 0) is 41.5 Å². The van der Waals surface area contributed by atoms with Crippen LogP contribution in [0.3, 0.4) is 0 Å². The fourth-order valence-electron chi connectivity index (χ4n) is 2.62. The summed E-state index contributed by atoms with van der Waals surface area (Å²) in [4.78, 5) is 50.3. The molecule has 0 unspecified atom stereocenters. The standard InChI is InChI=1S/C12H20N2O3.C9H15NO3/c1-12(2,3)17-11(16)14-7-9(6-13(4)5)10(15)8-14;1-9(2,3)13-8(12)10-5-4-7(11)6-10/h6H,7-8H2,1-5H3;4-6H2,1-3H3/b9-6-;. The molecule has 0 atom stereocenters. The number of hydrogen-bond donors (Lipinski definition) is 0. The van der Waals surface area contributed by atoms with E-state index in [0.717, 1.165) is 0 Å². The maximum Gasteiger partial charge on any atom is 0.411 e. The Morgan fingerprint density at radius 2 is 1.37 bits per heavy atom. The molecule has 2 rings (SSSR count). The van der Waals surface area contributed by atoms with Gasteiger partial charge in [0.15, 0.2) is 11.6 Å². The van der Waals surface area contributed by atoms with Gasteiger partial charge in [-0.3, -0.25) is 14.5 Å². The van der Waals surface area contributed by atoms with Crippen molar-refractivity contribution < 1.29 is 28.7 Å². The van der Waals surface area contributed by atoms with Crippen molar-refractivity contribution in [2.75, 3.05) is 40.3 Å². The summed E-state index contributed by atoms with van der Waals surface area (Å²) >= 11 is 0. The van der Waals surface area contributed by atoms with E-state index in [1.807, 2.05) is 34.9 Å². The average molecular weight is 426 g/mol. The molecule has 2 aliphatic rings. The molecular formula is C21H35N3O6. The monoisotopic (exact) mass is 425 g/mol. The maximum absolute atomic E-state index is 11.7. The second-order valence-corrected chi connectivity index (χ2v) is 9.57. The van der Waals surface area contributed by atoms with E-state index in [1.54, 1.807) is 31.9 Å². The van der Waals surface area contributed by atoms with Crippen molar-refractivity contribution in [1.82, 2.24) is 14.7 Å². The Kier molecular flexibility index (Phi) is 8.44. The van der Waals surface area contributed by atoms with E-state index in [4.69, 9.17) is 9.47 Å². The number of likely N-dealkylation sites (tertiary alicyclic amines) is 2. The highest BCUT2D eigenvalue weighted by Crippen LogP contribution is 2.17. The smallest absolute Gasteiger partial charge is 0.411 e. The summed E-state index contributed by atoms with van der Waals surface area (Å²) in [5.41, 5.74) is -0.377. The number of rotatable bonds is 1. The van der Waals surface area contributed by atoms with Crippen molar-refractivity contribution >= 4 is 23.8 Å². The van der Waals surface area contributed by atoms with E-state index in [2.05, 4.69) is 0 Å². The number of ketones is 2. The average Bonchev–Trinajstić information content (AvgIpc) is 3.11. The number of Topliss-reactive ketones (excluding diaryl/α,β-unsaturated/α-hetero) is 2. The van der Waals surface area contributed by atoms with Crippen molar-refractivity contribution in [2.24, 2.45) is 0 Å². The van der Waals surface area contributed by atoms with Crippen molar-refractivity contribution in [1.29, 1.82) is 0 Å². The zero-order valence-corrected chi connectivity index (χ0v) is 19.4. The molecule has 2 fully saturated rings. The van der Waals surface area contributed by atoms with Crippen LogP contribution in [0.1, 0.15) is 48.0 Å². The van der Waals surface area contributed by atoms with Gasteiger partial charge in [-0.25, -0.2) is 9.59 Å². The molecule has 9 nitrogen and oxygen atoms in total. The second kappa shape index (κ2) is 9.95. The Morgan fingerprint density at radius 3 is 1.77 bits per heavy atom. The molecule has 2 aliphatic heterocycles. The highest BCUT2D eigenvalue weighted by atomic mass is 16.6. The fraction of sp³-hybridized carbons (Fsp3) is 0.714. The summed E-state index contributed by atoms with van der Waals surface area (Å²) in [6, 6.07) is 0. The van der Waals surface area contributed by atoms with Crippen molar-refractivity contribution in [3.63, 3.8) is 0 Å². The van der Waals surface area contributed by atoms with Crippen molar-refractivity contribution in [3.05, 3.63) is 11.8 Å². The number of carbonyl (C=O) groups excluding carboxylic acids is 4. The third kappa shape index (κ3) is 9.28. The minimum Gasteiger partial charge on any atom is -0.444 e. The Hall–Kier alpha value is -2.58. The lowest BCUT2D eigenvalue weighted by molar-refractivity contribution is -0.117. The molecule has 170 valence electrons. The Bertz CT molecular complexity index is 701. The fourth-order valence-corrected chi connectivity index (χ4v) is 2.62. The molecule has 0 aromatic carbocycles. The van der Waals surface area contributed by atoms with Gasteiger partial charge in [-0.15, -0.1) is 0 Å². The van der Waals surface area contributed by atoms with Crippen LogP contribution in [0.25, 0.3) is 0 Å². The highest BCUT2D eigenvalue weighted by Gasteiger charge is 2.32. The van der Waals surface area contributed by atoms with Crippen LogP contribution in [-0.4, -0.2) is 89.9 Å². The molecule has 2 saturated heterocycles. The third-order valence-corrected chi connectivity index (χ3v) is 3.80. The summed E-state index contributed by atoms with van der Waals surface area (Å²) in [7, 11) is 3.69. The van der Waals surface area contributed by atoms with Gasteiger partial charge < -0.3 is 19.3 Å². The largest absolute Gasteiger partial charge is 0.444 e. The first-order valence-electron chi connectivity index (χ1n) is 9.95. The van der Waals surface area contributed by atoms with Crippen molar-refractivity contribution in [2.45, 2.75) is 59.2 Å². The lowest BCUT2D eigenvalue weighted by atomic mass is 10.2. The van der Waals surface area contributed by atoms with Crippen LogP contribution in [0.5, 0.6) is 0 Å². The molecule has 0 N–H and O–H groups in total. The van der Waals surface area contributed by atoms with Crippen LogP contribution in [0, 0.1) is 0 Å². The number of amides is 2. The second-order valence-electron chi connectivity index (χ2n) is 9.57. The van der Waals surface area contributed by atoms with Gasteiger partial charge in [0.05, 0.1) is 19.6 Å². The first-order valence-corrected chi connectivity index (χ1v) is 9.95. The van der Waals surface area contributed by atoms with E-state index >= 15 is 0 Å². The quantitative estimate of drug-likeness (QED) is 0.595. The Morgan fingerprint density at radius 1 is 0.867 bits per heavy atom. The van der Waals surface area contributed by atoms with Crippen LogP contribution < -0.4 is 0 Å². The van der Waals surface area contributed by atoms with Crippen LogP contribution in [0.4, 0.5) is 9.59 Å². The molecule has 9 heteroatoms. The zero-order valence-electron chi connectivity index (χ0n) is 19.4. The molecule has 0 radical (unpaired) electrons. The number of carbonyl (C=O) groups is 4. The lowest BCUT2D eigenvalue weighted by Gasteiger charge is -2.23. The van der Waals surface area contributed by atoms with E-state index in [1.165, 1.54) is 9.80 Å². The normalized spacial score (nSPS) is 18.3. The number of hydrogen-bond acceptors (Lipinski definition) is 7. The van der Waals surface area contributed by atoms with Gasteiger partial charge in [0.2, 0.25) is 0 Å². The molecular weight excluding hydrogens is 390 g/mol. The van der Waals surface area contributed by atoms with Crippen LogP contribution in [0.2, 0.25) is 0 Å². The summed E-state index contributed by atoms with van der Waals surface area (Å²) < 4.78 is 10.3. The minimum atomic E-state index is -0.534. The predicted octanol–water partition coefficient (Wildman–Crippen LogP) is 2.45. The van der Waals surface area contributed by atoms with Gasteiger partial charge in [-0.2, -0.15) is 0 Å². The van der Waals surface area contributed by atoms with E-state index in [-0.39, 0.29) is 24.7 Å². The van der Waals surface area contributed by atoms with Crippen molar-refractivity contribution in [3.8, 4) is 0 Å². The van der Waals surface area contributed by atoms with Crippen LogP contribution in [0.15, 0.2) is 11.8 Å². The van der Waals surface area contributed by atoms with Gasteiger partial charge in [0.1, 0.15) is 11.2 Å². The van der Waals surface area contributed by atoms with Gasteiger partial charge in [-0.1, -0.05) is 0 Å². The molecule has 0 spiro atoms. The molecule has 0 aromatic heterocycles. The molecule has 2 amide bonds. The summed E-state index contributed by atoms with van der Waals surface area (Å²) in [6.07, 6.45) is 1.37. The van der Waals surface area contributed by atoms with Gasteiger partial charge in [0.25, 0.3) is 0 Å². The first-order chi connectivity index (χ1) is 13.6. The maximum atomic E-state index is 11.7. The number of nitrogens with zero attached hydrogens (tertiary/aromatic N) is 3. The Balaban J connectivity index is 0.000000311. The predicted molar refractivity (Wildman–Crippen MR) is 112 cm³/mol. The molecule has 0 aliphatic carbocycles.